The number of nitrogens with zero attached hydrogens (tertiary/aromatic N) is 2. The summed E-state index contributed by atoms with van der Waals surface area (Å²) < 4.78 is 0.809. The Hall–Kier alpha value is -0.810. The van der Waals surface area contributed by atoms with E-state index in [1.807, 2.05) is 18.4 Å². The average molecular weight is 270 g/mol. The minimum atomic E-state index is 0.510. The summed E-state index contributed by atoms with van der Waals surface area (Å²) >= 11 is 4.92. The zero-order valence-electron chi connectivity index (χ0n) is 7.49. The van der Waals surface area contributed by atoms with Crippen molar-refractivity contribution in [1.82, 2.24) is 9.97 Å². The number of hydrogen-bond donors (Lipinski definition) is 1. The lowest BCUT2D eigenvalue weighted by molar-refractivity contribution is 1.15. The number of anilines is 1. The first-order chi connectivity index (χ1) is 6.70. The van der Waals surface area contributed by atoms with Crippen LogP contribution in [0.2, 0.25) is 0 Å². The first-order valence-electron chi connectivity index (χ1n) is 3.96. The van der Waals surface area contributed by atoms with Gasteiger partial charge in [0.2, 0.25) is 0 Å². The molecule has 0 aliphatic carbocycles. The summed E-state index contributed by atoms with van der Waals surface area (Å²) in [6.07, 6.45) is 3.79. The van der Waals surface area contributed by atoms with Gasteiger partial charge in [0, 0.05) is 11.6 Å². The molecular weight excluding hydrogens is 262 g/mol. The lowest BCUT2D eigenvalue weighted by atomic mass is 10.3. The molecule has 2 aromatic heterocycles. The zero-order chi connectivity index (χ0) is 10.1. The van der Waals surface area contributed by atoms with Gasteiger partial charge in [-0.2, -0.15) is 0 Å². The Kier molecular flexibility index (Phi) is 2.60. The van der Waals surface area contributed by atoms with Crippen molar-refractivity contribution in [1.29, 1.82) is 0 Å². The van der Waals surface area contributed by atoms with Crippen LogP contribution in [0.15, 0.2) is 27.8 Å². The lowest BCUT2D eigenvalue weighted by Gasteiger charge is -2.02. The molecule has 0 aromatic carbocycles. The highest BCUT2D eigenvalue weighted by atomic mass is 79.9. The molecule has 2 N–H and O–H groups in total. The molecule has 2 rings (SSSR count). The third kappa shape index (κ3) is 1.69. The molecule has 2 heterocycles. The first-order valence-corrected chi connectivity index (χ1v) is 5.98. The topological polar surface area (TPSA) is 51.8 Å². The second-order valence-corrected chi connectivity index (χ2v) is 4.46. The van der Waals surface area contributed by atoms with E-state index >= 15 is 0 Å². The molecule has 5 heteroatoms. The van der Waals surface area contributed by atoms with Crippen molar-refractivity contribution in [2.24, 2.45) is 0 Å². The number of aromatic nitrogens is 2. The summed E-state index contributed by atoms with van der Waals surface area (Å²) in [5, 5.41) is 1.94. The second kappa shape index (κ2) is 3.74. The fourth-order valence-corrected chi connectivity index (χ4v) is 1.87. The maximum atomic E-state index is 5.69. The van der Waals surface area contributed by atoms with Gasteiger partial charge in [0.15, 0.2) is 0 Å². The predicted molar refractivity (Wildman–Crippen MR) is 63.4 cm³/mol. The molecule has 2 aromatic rings. The van der Waals surface area contributed by atoms with E-state index in [0.717, 1.165) is 20.4 Å². The second-order valence-electron chi connectivity index (χ2n) is 2.77. The van der Waals surface area contributed by atoms with Crippen molar-refractivity contribution in [2.45, 2.75) is 5.03 Å². The first kappa shape index (κ1) is 9.73. The molecule has 14 heavy (non-hydrogen) atoms. The van der Waals surface area contributed by atoms with E-state index in [4.69, 9.17) is 5.73 Å². The van der Waals surface area contributed by atoms with Crippen LogP contribution in [0.4, 0.5) is 5.82 Å². The highest BCUT2D eigenvalue weighted by molar-refractivity contribution is 9.10. The van der Waals surface area contributed by atoms with Gasteiger partial charge in [-0.3, -0.25) is 0 Å². The molecule has 72 valence electrons. The third-order valence-corrected chi connectivity index (χ3v) is 3.14. The van der Waals surface area contributed by atoms with Crippen molar-refractivity contribution >= 4 is 44.4 Å². The molecule has 0 aliphatic heterocycles. The van der Waals surface area contributed by atoms with Crippen LogP contribution in [0.1, 0.15) is 0 Å². The number of hydrogen-bond acceptors (Lipinski definition) is 4. The van der Waals surface area contributed by atoms with Gasteiger partial charge in [0.05, 0.1) is 15.0 Å². The Morgan fingerprint density at radius 3 is 2.93 bits per heavy atom. The SMILES string of the molecule is CSc1cc2nc(N)c(Br)cc2cn1. The average Bonchev–Trinajstić information content (AvgIpc) is 2.19. The molecule has 0 saturated heterocycles. The minimum Gasteiger partial charge on any atom is -0.383 e. The van der Waals surface area contributed by atoms with Crippen molar-refractivity contribution in [3.8, 4) is 0 Å². The highest BCUT2D eigenvalue weighted by Gasteiger charge is 2.02. The molecule has 0 radical (unpaired) electrons. The number of pyridine rings is 2. The number of halogens is 1. The van der Waals surface area contributed by atoms with Crippen LogP contribution >= 0.6 is 27.7 Å². The summed E-state index contributed by atoms with van der Waals surface area (Å²) in [6.45, 7) is 0. The maximum Gasteiger partial charge on any atom is 0.138 e. The normalized spacial score (nSPS) is 10.7. The van der Waals surface area contributed by atoms with Gasteiger partial charge in [-0.1, -0.05) is 0 Å². The van der Waals surface area contributed by atoms with E-state index in [9.17, 15) is 0 Å². The molecule has 3 nitrogen and oxygen atoms in total. The van der Waals surface area contributed by atoms with E-state index < -0.39 is 0 Å². The number of nitrogen functional groups attached to an aromatic ring is 1. The van der Waals surface area contributed by atoms with Gasteiger partial charge in [0.1, 0.15) is 5.82 Å². The van der Waals surface area contributed by atoms with E-state index in [0.29, 0.717) is 5.82 Å². The summed E-state index contributed by atoms with van der Waals surface area (Å²) in [5.74, 6) is 0.510. The van der Waals surface area contributed by atoms with Gasteiger partial charge >= 0.3 is 0 Å². The van der Waals surface area contributed by atoms with Crippen LogP contribution in [0.3, 0.4) is 0 Å². The van der Waals surface area contributed by atoms with E-state index in [-0.39, 0.29) is 0 Å². The molecule has 0 aliphatic rings. The van der Waals surface area contributed by atoms with Crippen LogP contribution in [0, 0.1) is 0 Å². The molecule has 0 spiro atoms. The molecule has 0 bridgehead atoms. The number of thioether (sulfide) groups is 1. The van der Waals surface area contributed by atoms with Crippen LogP contribution in [-0.4, -0.2) is 16.2 Å². The van der Waals surface area contributed by atoms with Gasteiger partial charge < -0.3 is 5.73 Å². The monoisotopic (exact) mass is 269 g/mol. The summed E-state index contributed by atoms with van der Waals surface area (Å²) in [4.78, 5) is 8.52. The lowest BCUT2D eigenvalue weighted by Crippen LogP contribution is -1.92. The van der Waals surface area contributed by atoms with Gasteiger partial charge in [-0.25, -0.2) is 9.97 Å². The standard InChI is InChI=1S/C9H8BrN3S/c1-14-8-3-7-5(4-12-8)2-6(10)9(11)13-7/h2-4H,1H3,(H2,11,13). The van der Waals surface area contributed by atoms with Crippen molar-refractivity contribution in [3.63, 3.8) is 0 Å². The molecule has 0 fully saturated rings. The fraction of sp³-hybridized carbons (Fsp3) is 0.111. The summed E-state index contributed by atoms with van der Waals surface area (Å²) in [6, 6.07) is 3.86. The van der Waals surface area contributed by atoms with Gasteiger partial charge in [-0.15, -0.1) is 11.8 Å². The quantitative estimate of drug-likeness (QED) is 0.809. The fourth-order valence-electron chi connectivity index (χ4n) is 1.15. The van der Waals surface area contributed by atoms with Crippen LogP contribution in [0.25, 0.3) is 10.9 Å². The molecule has 0 saturated carbocycles. The van der Waals surface area contributed by atoms with Crippen LogP contribution in [0.5, 0.6) is 0 Å². The summed E-state index contributed by atoms with van der Waals surface area (Å²) in [7, 11) is 0. The Labute approximate surface area is 94.2 Å². The Bertz CT molecular complexity index is 487. The largest absolute Gasteiger partial charge is 0.383 e. The molecule has 0 atom stereocenters. The Morgan fingerprint density at radius 1 is 1.43 bits per heavy atom. The van der Waals surface area contributed by atoms with Crippen molar-refractivity contribution in [3.05, 3.63) is 22.8 Å². The number of fused-ring (bicyclic) bond motifs is 1. The number of nitrogens with two attached hydrogens (primary N) is 1. The van der Waals surface area contributed by atoms with Gasteiger partial charge in [-0.05, 0) is 34.3 Å². The zero-order valence-corrected chi connectivity index (χ0v) is 9.89. The van der Waals surface area contributed by atoms with Crippen LogP contribution in [-0.2, 0) is 0 Å². The third-order valence-electron chi connectivity index (χ3n) is 1.86. The molecule has 0 unspecified atom stereocenters. The summed E-state index contributed by atoms with van der Waals surface area (Å²) in [5.41, 5.74) is 6.57. The molecular formula is C9H8BrN3S. The Morgan fingerprint density at radius 2 is 2.21 bits per heavy atom. The van der Waals surface area contributed by atoms with E-state index in [1.165, 1.54) is 0 Å². The predicted octanol–water partition coefficient (Wildman–Crippen LogP) is 2.70. The minimum absolute atomic E-state index is 0.510. The van der Waals surface area contributed by atoms with Crippen molar-refractivity contribution in [2.75, 3.05) is 12.0 Å². The van der Waals surface area contributed by atoms with E-state index in [2.05, 4.69) is 25.9 Å². The smallest absolute Gasteiger partial charge is 0.138 e. The molecule has 0 amide bonds. The van der Waals surface area contributed by atoms with Gasteiger partial charge in [0.25, 0.3) is 0 Å². The maximum absolute atomic E-state index is 5.69. The van der Waals surface area contributed by atoms with Crippen LogP contribution < -0.4 is 5.73 Å². The van der Waals surface area contributed by atoms with Crippen molar-refractivity contribution < 1.29 is 0 Å². The van der Waals surface area contributed by atoms with E-state index in [1.54, 1.807) is 18.0 Å². The highest BCUT2D eigenvalue weighted by Crippen LogP contribution is 2.24. The number of rotatable bonds is 1. The Balaban J connectivity index is 2.70.